The average Bonchev–Trinajstić information content (AvgIpc) is 2.67. The van der Waals surface area contributed by atoms with Gasteiger partial charge in [0.25, 0.3) is 0 Å². The van der Waals surface area contributed by atoms with Crippen molar-refractivity contribution in [2.24, 2.45) is 5.92 Å². The largest absolute Gasteiger partial charge is 0.468 e. The molecule has 1 fully saturated rings. The Hall–Kier alpha value is -1.04. The standard InChI is InChI=1S/C10H13F3N2O/c11-10(12,13)9-15-8(6-16-9)4-7-2-1-3-14-5-7/h6-7,14H,1-5H2. The zero-order chi connectivity index (χ0) is 11.6. The van der Waals surface area contributed by atoms with E-state index in [9.17, 15) is 13.2 Å². The fourth-order valence-corrected chi connectivity index (χ4v) is 1.92. The lowest BCUT2D eigenvalue weighted by molar-refractivity contribution is -0.157. The van der Waals surface area contributed by atoms with Crippen molar-refractivity contribution in [2.45, 2.75) is 25.4 Å². The number of oxazole rings is 1. The van der Waals surface area contributed by atoms with E-state index in [1.165, 1.54) is 0 Å². The number of hydrogen-bond acceptors (Lipinski definition) is 3. The highest BCUT2D eigenvalue weighted by Gasteiger charge is 2.37. The molecule has 0 bridgehead atoms. The SMILES string of the molecule is FC(F)(F)c1nc(CC2CCCNC2)co1. The Kier molecular flexibility index (Phi) is 3.18. The van der Waals surface area contributed by atoms with Crippen LogP contribution in [0.2, 0.25) is 0 Å². The molecular weight excluding hydrogens is 221 g/mol. The molecule has 1 aromatic heterocycles. The molecule has 1 unspecified atom stereocenters. The molecule has 0 aromatic carbocycles. The topological polar surface area (TPSA) is 38.1 Å². The van der Waals surface area contributed by atoms with Crippen molar-refractivity contribution in [2.75, 3.05) is 13.1 Å². The number of alkyl halides is 3. The fourth-order valence-electron chi connectivity index (χ4n) is 1.92. The summed E-state index contributed by atoms with van der Waals surface area (Å²) in [5.41, 5.74) is 0.390. The minimum atomic E-state index is -4.48. The van der Waals surface area contributed by atoms with Gasteiger partial charge >= 0.3 is 12.1 Å². The summed E-state index contributed by atoms with van der Waals surface area (Å²) in [6, 6.07) is 0. The highest BCUT2D eigenvalue weighted by atomic mass is 19.4. The maximum Gasteiger partial charge on any atom is 0.468 e. The molecule has 2 rings (SSSR count). The van der Waals surface area contributed by atoms with Crippen LogP contribution in [0, 0.1) is 5.92 Å². The van der Waals surface area contributed by atoms with Crippen molar-refractivity contribution in [1.82, 2.24) is 10.3 Å². The van der Waals surface area contributed by atoms with Crippen molar-refractivity contribution >= 4 is 0 Å². The van der Waals surface area contributed by atoms with Crippen LogP contribution in [0.15, 0.2) is 10.7 Å². The van der Waals surface area contributed by atoms with E-state index in [4.69, 9.17) is 0 Å². The molecular formula is C10H13F3N2O. The summed E-state index contributed by atoms with van der Waals surface area (Å²) in [6.45, 7) is 1.83. The molecule has 0 aliphatic carbocycles. The Morgan fingerprint density at radius 1 is 1.50 bits per heavy atom. The van der Waals surface area contributed by atoms with E-state index in [1.54, 1.807) is 0 Å². The van der Waals surface area contributed by atoms with Gasteiger partial charge in [-0.15, -0.1) is 0 Å². The molecule has 1 N–H and O–H groups in total. The highest BCUT2D eigenvalue weighted by Crippen LogP contribution is 2.29. The zero-order valence-corrected chi connectivity index (χ0v) is 8.68. The van der Waals surface area contributed by atoms with Gasteiger partial charge in [-0.05, 0) is 38.3 Å². The molecule has 16 heavy (non-hydrogen) atoms. The second-order valence-corrected chi connectivity index (χ2v) is 4.06. The van der Waals surface area contributed by atoms with Crippen LogP contribution in [0.25, 0.3) is 0 Å². The van der Waals surface area contributed by atoms with Gasteiger partial charge in [0, 0.05) is 0 Å². The molecule has 2 heterocycles. The van der Waals surface area contributed by atoms with E-state index in [0.29, 0.717) is 18.0 Å². The number of rotatable bonds is 2. The number of piperidine rings is 1. The first-order valence-electron chi connectivity index (χ1n) is 5.28. The monoisotopic (exact) mass is 234 g/mol. The lowest BCUT2D eigenvalue weighted by Gasteiger charge is -2.21. The van der Waals surface area contributed by atoms with E-state index in [0.717, 1.165) is 32.2 Å². The Labute approximate surface area is 91.0 Å². The van der Waals surface area contributed by atoms with Crippen LogP contribution < -0.4 is 5.32 Å². The van der Waals surface area contributed by atoms with Crippen LogP contribution in [0.4, 0.5) is 13.2 Å². The predicted octanol–water partition coefficient (Wildman–Crippen LogP) is 2.24. The summed E-state index contributed by atoms with van der Waals surface area (Å²) in [7, 11) is 0. The number of nitrogens with one attached hydrogen (secondary N) is 1. The molecule has 0 amide bonds. The van der Waals surface area contributed by atoms with E-state index in [1.807, 2.05) is 0 Å². The maximum atomic E-state index is 12.2. The predicted molar refractivity (Wildman–Crippen MR) is 50.8 cm³/mol. The quantitative estimate of drug-likeness (QED) is 0.852. The smallest absolute Gasteiger partial charge is 0.441 e. The molecule has 6 heteroatoms. The zero-order valence-electron chi connectivity index (χ0n) is 8.68. The first-order valence-corrected chi connectivity index (χ1v) is 5.28. The second kappa shape index (κ2) is 4.45. The van der Waals surface area contributed by atoms with Crippen molar-refractivity contribution in [3.8, 4) is 0 Å². The number of halogens is 3. The summed E-state index contributed by atoms with van der Waals surface area (Å²) in [6.07, 6.45) is -0.733. The molecule has 0 radical (unpaired) electrons. The summed E-state index contributed by atoms with van der Waals surface area (Å²) in [5, 5.41) is 3.21. The lowest BCUT2D eigenvalue weighted by Crippen LogP contribution is -2.30. The van der Waals surface area contributed by atoms with Crippen molar-refractivity contribution in [1.29, 1.82) is 0 Å². The number of nitrogens with zero attached hydrogens (tertiary/aromatic N) is 1. The second-order valence-electron chi connectivity index (χ2n) is 4.06. The van der Waals surface area contributed by atoms with Gasteiger partial charge in [-0.2, -0.15) is 13.2 Å². The van der Waals surface area contributed by atoms with Gasteiger partial charge in [-0.25, -0.2) is 4.98 Å². The highest BCUT2D eigenvalue weighted by molar-refractivity contribution is 5.00. The van der Waals surface area contributed by atoms with Gasteiger partial charge < -0.3 is 9.73 Å². The van der Waals surface area contributed by atoms with Crippen LogP contribution in [-0.2, 0) is 12.6 Å². The Balaban J connectivity index is 1.97. The summed E-state index contributed by atoms with van der Waals surface area (Å²) in [4.78, 5) is 3.46. The fraction of sp³-hybridized carbons (Fsp3) is 0.700. The summed E-state index contributed by atoms with van der Waals surface area (Å²) < 4.78 is 41.0. The van der Waals surface area contributed by atoms with E-state index < -0.39 is 12.1 Å². The summed E-state index contributed by atoms with van der Waals surface area (Å²) >= 11 is 0. The molecule has 1 aromatic rings. The van der Waals surface area contributed by atoms with Gasteiger partial charge in [-0.1, -0.05) is 0 Å². The minimum Gasteiger partial charge on any atom is -0.441 e. The third-order valence-electron chi connectivity index (χ3n) is 2.69. The number of aromatic nitrogens is 1. The van der Waals surface area contributed by atoms with Gasteiger partial charge in [0.1, 0.15) is 6.26 Å². The van der Waals surface area contributed by atoms with Crippen LogP contribution in [-0.4, -0.2) is 18.1 Å². The minimum absolute atomic E-state index is 0.361. The molecule has 0 spiro atoms. The first-order chi connectivity index (χ1) is 7.55. The van der Waals surface area contributed by atoms with Crippen molar-refractivity contribution in [3.63, 3.8) is 0 Å². The Morgan fingerprint density at radius 3 is 2.88 bits per heavy atom. The lowest BCUT2D eigenvalue weighted by atomic mass is 9.95. The van der Waals surface area contributed by atoms with Crippen LogP contribution in [0.1, 0.15) is 24.4 Å². The van der Waals surface area contributed by atoms with Crippen LogP contribution in [0.3, 0.4) is 0 Å². The Bertz CT molecular complexity index is 342. The van der Waals surface area contributed by atoms with Crippen molar-refractivity contribution in [3.05, 3.63) is 17.8 Å². The third-order valence-corrected chi connectivity index (χ3v) is 2.69. The molecule has 0 saturated carbocycles. The van der Waals surface area contributed by atoms with Crippen molar-refractivity contribution < 1.29 is 17.6 Å². The van der Waals surface area contributed by atoms with Crippen LogP contribution >= 0.6 is 0 Å². The first kappa shape index (κ1) is 11.4. The van der Waals surface area contributed by atoms with Gasteiger partial charge in [0.15, 0.2) is 0 Å². The molecule has 1 aliphatic rings. The van der Waals surface area contributed by atoms with E-state index in [2.05, 4.69) is 14.7 Å². The van der Waals surface area contributed by atoms with E-state index in [-0.39, 0.29) is 0 Å². The molecule has 1 aliphatic heterocycles. The average molecular weight is 234 g/mol. The molecule has 90 valence electrons. The number of hydrogen-bond donors (Lipinski definition) is 1. The summed E-state index contributed by atoms with van der Waals surface area (Å²) in [5.74, 6) is -0.786. The maximum absolute atomic E-state index is 12.2. The normalized spacial score (nSPS) is 22.3. The van der Waals surface area contributed by atoms with Gasteiger partial charge in [-0.3, -0.25) is 0 Å². The molecule has 1 saturated heterocycles. The van der Waals surface area contributed by atoms with Crippen LogP contribution in [0.5, 0.6) is 0 Å². The molecule has 1 atom stereocenters. The van der Waals surface area contributed by atoms with Gasteiger partial charge in [0.2, 0.25) is 0 Å². The Morgan fingerprint density at radius 2 is 2.31 bits per heavy atom. The molecule has 3 nitrogen and oxygen atoms in total. The van der Waals surface area contributed by atoms with Gasteiger partial charge in [0.05, 0.1) is 5.69 Å². The third kappa shape index (κ3) is 2.75. The van der Waals surface area contributed by atoms with E-state index >= 15 is 0 Å².